The van der Waals surface area contributed by atoms with Crippen molar-refractivity contribution in [1.82, 2.24) is 5.32 Å². The van der Waals surface area contributed by atoms with Gasteiger partial charge in [-0.25, -0.2) is 4.79 Å². The van der Waals surface area contributed by atoms with Crippen LogP contribution in [0, 0.1) is 0 Å². The van der Waals surface area contributed by atoms with Crippen molar-refractivity contribution in [3.63, 3.8) is 0 Å². The first-order chi connectivity index (χ1) is 8.61. The van der Waals surface area contributed by atoms with Crippen LogP contribution < -0.4 is 34.9 Å². The van der Waals surface area contributed by atoms with Gasteiger partial charge in [0.25, 0.3) is 0 Å². The summed E-state index contributed by atoms with van der Waals surface area (Å²) in [6.45, 7) is 1.60. The van der Waals surface area contributed by atoms with Crippen molar-refractivity contribution in [2.24, 2.45) is 0 Å². The Hall–Kier alpha value is -0.100. The third kappa shape index (κ3) is 12.7. The monoisotopic (exact) mass is 283 g/mol. The Balaban J connectivity index is -0.00000144. The number of carboxylic acid groups (broad SMARTS) is 1. The zero-order chi connectivity index (χ0) is 13.8. The number of aliphatic hydroxyl groups excluding tert-OH is 1. The summed E-state index contributed by atoms with van der Waals surface area (Å²) in [6, 6.07) is -1.18. The van der Waals surface area contributed by atoms with E-state index in [-0.39, 0.29) is 36.9 Å². The van der Waals surface area contributed by atoms with Crippen molar-refractivity contribution in [1.29, 1.82) is 0 Å². The van der Waals surface area contributed by atoms with Crippen molar-refractivity contribution in [2.45, 2.75) is 64.3 Å². The molecule has 0 aromatic carbocycles. The quantitative estimate of drug-likeness (QED) is 0.328. The van der Waals surface area contributed by atoms with Crippen LogP contribution >= 0.6 is 0 Å². The molecule has 0 aromatic rings. The molecule has 0 fully saturated rings. The smallest absolute Gasteiger partial charge is 1.00 e. The molecule has 0 saturated heterocycles. The van der Waals surface area contributed by atoms with Gasteiger partial charge in [-0.2, -0.15) is 0 Å². The number of hydrogen-bond donors (Lipinski definition) is 3. The largest absolute Gasteiger partial charge is 1.00 e. The van der Waals surface area contributed by atoms with E-state index in [4.69, 9.17) is 10.2 Å². The van der Waals surface area contributed by atoms with Crippen molar-refractivity contribution >= 4 is 11.9 Å². The molecule has 0 aliphatic rings. The van der Waals surface area contributed by atoms with Gasteiger partial charge in [-0.3, -0.25) is 4.79 Å². The summed E-state index contributed by atoms with van der Waals surface area (Å²) in [7, 11) is 0. The normalized spacial score (nSPS) is 11.5. The van der Waals surface area contributed by atoms with E-state index in [2.05, 4.69) is 12.2 Å². The number of amides is 1. The predicted molar refractivity (Wildman–Crippen MR) is 70.4 cm³/mol. The zero-order valence-electron chi connectivity index (χ0n) is 13.2. The Kier molecular flexibility index (Phi) is 16.0. The third-order valence-electron chi connectivity index (χ3n) is 2.82. The van der Waals surface area contributed by atoms with Crippen LogP contribution in [0.1, 0.15) is 59.7 Å². The number of carboxylic acids is 1. The molecule has 5 nitrogen and oxygen atoms in total. The van der Waals surface area contributed by atoms with Crippen LogP contribution in [0.4, 0.5) is 0 Å². The second-order valence-corrected chi connectivity index (χ2v) is 4.51. The van der Waals surface area contributed by atoms with E-state index in [0.717, 1.165) is 19.3 Å². The minimum Gasteiger partial charge on any atom is -1.00 e. The summed E-state index contributed by atoms with van der Waals surface area (Å²) in [4.78, 5) is 21.9. The molecule has 0 radical (unpaired) electrons. The Morgan fingerprint density at radius 3 is 2.11 bits per heavy atom. The number of nitrogens with one attached hydrogen (secondary N) is 1. The number of hydrogen-bond acceptors (Lipinski definition) is 3. The van der Waals surface area contributed by atoms with Crippen molar-refractivity contribution in [3.05, 3.63) is 0 Å². The Bertz CT molecular complexity index is 255. The summed E-state index contributed by atoms with van der Waals surface area (Å²) in [6.07, 6.45) is 8.15. The average molecular weight is 283 g/mol. The maximum Gasteiger partial charge on any atom is 1.00 e. The zero-order valence-corrected chi connectivity index (χ0v) is 14.2. The number of rotatable bonds is 11. The summed E-state index contributed by atoms with van der Waals surface area (Å²) in [5.41, 5.74) is 0. The van der Waals surface area contributed by atoms with Gasteiger partial charge in [0.1, 0.15) is 6.04 Å². The molecule has 19 heavy (non-hydrogen) atoms. The van der Waals surface area contributed by atoms with E-state index in [1.54, 1.807) is 0 Å². The molecule has 108 valence electrons. The maximum atomic E-state index is 11.4. The summed E-state index contributed by atoms with van der Waals surface area (Å²) in [5.74, 6) is -1.50. The maximum absolute atomic E-state index is 11.4. The van der Waals surface area contributed by atoms with Crippen molar-refractivity contribution in [3.8, 4) is 0 Å². The molecule has 0 aliphatic heterocycles. The van der Waals surface area contributed by atoms with Gasteiger partial charge in [-0.05, 0) is 6.42 Å². The van der Waals surface area contributed by atoms with E-state index in [1.807, 2.05) is 0 Å². The number of aliphatic hydroxyl groups is 1. The van der Waals surface area contributed by atoms with E-state index in [9.17, 15) is 9.59 Å². The van der Waals surface area contributed by atoms with E-state index < -0.39 is 18.6 Å². The average Bonchev–Trinajstić information content (AvgIpc) is 2.34. The first-order valence-corrected chi connectivity index (χ1v) is 6.74. The second kappa shape index (κ2) is 14.3. The number of unbranched alkanes of at least 4 members (excludes halogenated alkanes) is 6. The van der Waals surface area contributed by atoms with Gasteiger partial charge in [-0.15, -0.1) is 0 Å². The summed E-state index contributed by atoms with van der Waals surface area (Å²) < 4.78 is 0. The number of aliphatic carboxylic acids is 1. The van der Waals surface area contributed by atoms with Crippen LogP contribution in [0.2, 0.25) is 0 Å². The van der Waals surface area contributed by atoms with Gasteiger partial charge in [0.05, 0.1) is 6.61 Å². The molecular formula is C13H26NNaO4. The topological polar surface area (TPSA) is 86.6 Å². The van der Waals surface area contributed by atoms with Gasteiger partial charge in [-0.1, -0.05) is 45.4 Å². The van der Waals surface area contributed by atoms with Gasteiger partial charge < -0.3 is 17.0 Å². The second-order valence-electron chi connectivity index (χ2n) is 4.51. The molecule has 1 unspecified atom stereocenters. The van der Waals surface area contributed by atoms with Crippen LogP contribution in [0.5, 0.6) is 0 Å². The summed E-state index contributed by atoms with van der Waals surface area (Å²) >= 11 is 0. The molecule has 3 N–H and O–H groups in total. The molecule has 6 heteroatoms. The Morgan fingerprint density at radius 1 is 1.11 bits per heavy atom. The Labute approximate surface area is 138 Å². The fourth-order valence-electron chi connectivity index (χ4n) is 1.69. The standard InChI is InChI=1S/C13H25NO4.Na.H/c1-2-3-4-5-6-7-8-9-12(16)14-11(10-15)13(17)18;;/h11,15H,2-10H2,1H3,(H,14,16)(H,17,18);;/q;+1;-1. The van der Waals surface area contributed by atoms with Crippen LogP contribution in [0.15, 0.2) is 0 Å². The molecule has 0 saturated carbocycles. The molecule has 0 heterocycles. The van der Waals surface area contributed by atoms with Crippen LogP contribution in [-0.4, -0.2) is 34.7 Å². The van der Waals surface area contributed by atoms with Crippen LogP contribution in [0.25, 0.3) is 0 Å². The minimum atomic E-state index is -1.20. The predicted octanol–water partition coefficient (Wildman–Crippen LogP) is -1.19. The van der Waals surface area contributed by atoms with Gasteiger partial charge in [0, 0.05) is 6.42 Å². The fraction of sp³-hybridized carbons (Fsp3) is 0.846. The molecule has 0 spiro atoms. The van der Waals surface area contributed by atoms with Gasteiger partial charge >= 0.3 is 35.5 Å². The molecular weight excluding hydrogens is 257 g/mol. The van der Waals surface area contributed by atoms with Crippen molar-refractivity contribution in [2.75, 3.05) is 6.61 Å². The van der Waals surface area contributed by atoms with Gasteiger partial charge in [0.15, 0.2) is 0 Å². The Morgan fingerprint density at radius 2 is 1.63 bits per heavy atom. The van der Waals surface area contributed by atoms with Crippen LogP contribution in [0.3, 0.4) is 0 Å². The molecule has 1 amide bonds. The SMILES string of the molecule is CCCCCCCCCC(=O)NC(CO)C(=O)O.[H-].[Na+]. The van der Waals surface area contributed by atoms with E-state index >= 15 is 0 Å². The number of carbonyl (C=O) groups is 2. The van der Waals surface area contributed by atoms with Crippen molar-refractivity contribution < 1.29 is 50.8 Å². The van der Waals surface area contributed by atoms with Crippen LogP contribution in [-0.2, 0) is 9.59 Å². The molecule has 1 atom stereocenters. The molecule has 0 rings (SSSR count). The van der Waals surface area contributed by atoms with E-state index in [1.165, 1.54) is 25.7 Å². The number of carbonyl (C=O) groups excluding carboxylic acids is 1. The minimum absolute atomic E-state index is 0. The molecule has 0 aromatic heterocycles. The first-order valence-electron chi connectivity index (χ1n) is 6.74. The first kappa shape index (κ1) is 21.2. The molecule has 0 bridgehead atoms. The summed E-state index contributed by atoms with van der Waals surface area (Å²) in [5, 5.41) is 19.7. The fourth-order valence-corrected chi connectivity index (χ4v) is 1.69. The van der Waals surface area contributed by atoms with E-state index in [0.29, 0.717) is 6.42 Å². The third-order valence-corrected chi connectivity index (χ3v) is 2.82. The molecule has 0 aliphatic carbocycles. The van der Waals surface area contributed by atoms with Gasteiger partial charge in [0.2, 0.25) is 5.91 Å².